The summed E-state index contributed by atoms with van der Waals surface area (Å²) in [5.74, 6) is 0.346. The number of hydrogen-bond donors (Lipinski definition) is 1. The smallest absolute Gasteiger partial charge is 0.218 e. The van der Waals surface area contributed by atoms with Crippen molar-refractivity contribution in [1.82, 2.24) is 4.31 Å². The van der Waals surface area contributed by atoms with Gasteiger partial charge >= 0.3 is 0 Å². The third kappa shape index (κ3) is 4.04. The molecule has 5 heteroatoms. The van der Waals surface area contributed by atoms with Gasteiger partial charge in [0, 0.05) is 12.6 Å². The molecule has 0 heterocycles. The Morgan fingerprint density at radius 2 is 1.95 bits per heavy atom. The number of sulfonamides is 1. The van der Waals surface area contributed by atoms with E-state index in [1.165, 1.54) is 0 Å². The summed E-state index contributed by atoms with van der Waals surface area (Å²) in [6.45, 7) is 4.60. The van der Waals surface area contributed by atoms with Gasteiger partial charge < -0.3 is 5.11 Å². The van der Waals surface area contributed by atoms with Crippen LogP contribution in [-0.4, -0.2) is 30.4 Å². The van der Waals surface area contributed by atoms with Crippen molar-refractivity contribution >= 4 is 10.0 Å². The predicted molar refractivity (Wildman–Crippen MR) is 79.6 cm³/mol. The number of benzene rings is 1. The lowest BCUT2D eigenvalue weighted by atomic mass is 10.1. The molecule has 1 aromatic rings. The van der Waals surface area contributed by atoms with E-state index in [2.05, 4.69) is 0 Å². The van der Waals surface area contributed by atoms with Crippen LogP contribution >= 0.6 is 0 Å². The van der Waals surface area contributed by atoms with E-state index in [-0.39, 0.29) is 18.4 Å². The minimum absolute atomic E-state index is 0.0179. The molecule has 0 atom stereocenters. The highest BCUT2D eigenvalue weighted by Gasteiger charge is 2.37. The second-order valence-corrected chi connectivity index (χ2v) is 7.85. The van der Waals surface area contributed by atoms with Crippen molar-refractivity contribution in [3.05, 3.63) is 35.4 Å². The van der Waals surface area contributed by atoms with Crippen molar-refractivity contribution in [2.45, 2.75) is 45.1 Å². The van der Waals surface area contributed by atoms with Crippen molar-refractivity contribution in [3.63, 3.8) is 0 Å². The third-order valence-electron chi connectivity index (χ3n) is 3.38. The van der Waals surface area contributed by atoms with Crippen LogP contribution in [0.2, 0.25) is 0 Å². The van der Waals surface area contributed by atoms with Crippen molar-refractivity contribution in [2.75, 3.05) is 6.54 Å². The molecular formula is C15H23NO3S. The molecule has 4 nitrogen and oxygen atoms in total. The molecule has 0 aliphatic heterocycles. The van der Waals surface area contributed by atoms with E-state index in [0.29, 0.717) is 12.5 Å². The Bertz CT molecular complexity index is 550. The normalized spacial score (nSPS) is 16.1. The average molecular weight is 297 g/mol. The molecule has 0 bridgehead atoms. The number of nitrogens with zero attached hydrogens (tertiary/aromatic N) is 1. The number of hydrogen-bond acceptors (Lipinski definition) is 3. The van der Waals surface area contributed by atoms with Crippen molar-refractivity contribution in [3.8, 4) is 0 Å². The summed E-state index contributed by atoms with van der Waals surface area (Å²) in [6.07, 6.45) is 1.95. The molecule has 1 aliphatic carbocycles. The summed E-state index contributed by atoms with van der Waals surface area (Å²) in [4.78, 5) is 0. The standard InChI is InChI=1S/C15H23NO3S/c1-12(2)9-16(15-6-7-15)20(18,19)11-14-5-3-4-13(8-14)10-17/h3-5,8,12,15,17H,6-7,9-11H2,1-2H3. The summed E-state index contributed by atoms with van der Waals surface area (Å²) >= 11 is 0. The van der Waals surface area contributed by atoms with Crippen LogP contribution < -0.4 is 0 Å². The van der Waals surface area contributed by atoms with Gasteiger partial charge in [0.25, 0.3) is 0 Å². The largest absolute Gasteiger partial charge is 0.392 e. The zero-order valence-electron chi connectivity index (χ0n) is 12.1. The van der Waals surface area contributed by atoms with Gasteiger partial charge in [0.2, 0.25) is 10.0 Å². The van der Waals surface area contributed by atoms with Crippen molar-refractivity contribution < 1.29 is 13.5 Å². The van der Waals surface area contributed by atoms with Crippen LogP contribution in [0.3, 0.4) is 0 Å². The van der Waals surface area contributed by atoms with Gasteiger partial charge in [0.1, 0.15) is 0 Å². The van der Waals surface area contributed by atoms with Crippen molar-refractivity contribution in [2.24, 2.45) is 5.92 Å². The highest BCUT2D eigenvalue weighted by atomic mass is 32.2. The summed E-state index contributed by atoms with van der Waals surface area (Å²) in [6, 6.07) is 7.35. The second kappa shape index (κ2) is 6.24. The van der Waals surface area contributed by atoms with Crippen LogP contribution in [-0.2, 0) is 22.4 Å². The van der Waals surface area contributed by atoms with Crippen LogP contribution in [0.4, 0.5) is 0 Å². The maximum Gasteiger partial charge on any atom is 0.218 e. The highest BCUT2D eigenvalue weighted by Crippen LogP contribution is 2.31. The van der Waals surface area contributed by atoms with E-state index in [1.807, 2.05) is 13.8 Å². The summed E-state index contributed by atoms with van der Waals surface area (Å²) in [7, 11) is -3.28. The van der Waals surface area contributed by atoms with Gasteiger partial charge in [0.05, 0.1) is 12.4 Å². The summed E-state index contributed by atoms with van der Waals surface area (Å²) < 4.78 is 26.8. The summed E-state index contributed by atoms with van der Waals surface area (Å²) in [5.41, 5.74) is 1.49. The van der Waals surface area contributed by atoms with Crippen LogP contribution in [0.1, 0.15) is 37.8 Å². The van der Waals surface area contributed by atoms with Gasteiger partial charge in [-0.05, 0) is 29.9 Å². The van der Waals surface area contributed by atoms with Gasteiger partial charge in [-0.3, -0.25) is 0 Å². The van der Waals surface area contributed by atoms with E-state index >= 15 is 0 Å². The van der Waals surface area contributed by atoms with E-state index in [9.17, 15) is 8.42 Å². The fourth-order valence-electron chi connectivity index (χ4n) is 2.32. The number of rotatable bonds is 7. The molecule has 1 saturated carbocycles. The quantitative estimate of drug-likeness (QED) is 0.839. The fraction of sp³-hybridized carbons (Fsp3) is 0.600. The molecule has 1 fully saturated rings. The van der Waals surface area contributed by atoms with Gasteiger partial charge in [-0.15, -0.1) is 0 Å². The molecule has 20 heavy (non-hydrogen) atoms. The maximum absolute atomic E-state index is 12.6. The molecule has 0 saturated heterocycles. The second-order valence-electron chi connectivity index (χ2n) is 5.93. The molecule has 0 aromatic heterocycles. The Hall–Kier alpha value is -0.910. The molecular weight excluding hydrogens is 274 g/mol. The van der Waals surface area contributed by atoms with Gasteiger partial charge in [-0.1, -0.05) is 38.1 Å². The Balaban J connectivity index is 2.15. The number of aliphatic hydroxyl groups excluding tert-OH is 1. The SMILES string of the molecule is CC(C)CN(C1CC1)S(=O)(=O)Cc1cccc(CO)c1. The molecule has 0 unspecified atom stereocenters. The zero-order valence-corrected chi connectivity index (χ0v) is 12.9. The van der Waals surface area contributed by atoms with Crippen molar-refractivity contribution in [1.29, 1.82) is 0 Å². The van der Waals surface area contributed by atoms with Gasteiger partial charge in [-0.2, -0.15) is 4.31 Å². The molecule has 0 spiro atoms. The Labute approximate surface area is 121 Å². The first kappa shape index (κ1) is 15.5. The Morgan fingerprint density at radius 3 is 2.50 bits per heavy atom. The Morgan fingerprint density at radius 1 is 1.30 bits per heavy atom. The van der Waals surface area contributed by atoms with E-state index in [4.69, 9.17) is 5.11 Å². The lowest BCUT2D eigenvalue weighted by Crippen LogP contribution is -2.36. The number of aliphatic hydroxyl groups is 1. The fourth-order valence-corrected chi connectivity index (χ4v) is 4.28. The van der Waals surface area contributed by atoms with E-state index in [0.717, 1.165) is 24.0 Å². The predicted octanol–water partition coefficient (Wildman–Crippen LogP) is 2.13. The molecule has 0 radical (unpaired) electrons. The third-order valence-corrected chi connectivity index (χ3v) is 5.24. The zero-order chi connectivity index (χ0) is 14.8. The molecule has 2 rings (SSSR count). The topological polar surface area (TPSA) is 57.6 Å². The minimum atomic E-state index is -3.28. The molecule has 112 valence electrons. The van der Waals surface area contributed by atoms with Crippen LogP contribution in [0.25, 0.3) is 0 Å². The monoisotopic (exact) mass is 297 g/mol. The lowest BCUT2D eigenvalue weighted by molar-refractivity contribution is 0.281. The molecule has 0 amide bonds. The highest BCUT2D eigenvalue weighted by molar-refractivity contribution is 7.88. The minimum Gasteiger partial charge on any atom is -0.392 e. The lowest BCUT2D eigenvalue weighted by Gasteiger charge is -2.23. The van der Waals surface area contributed by atoms with Gasteiger partial charge in [-0.25, -0.2) is 8.42 Å². The van der Waals surface area contributed by atoms with Crippen LogP contribution in [0.5, 0.6) is 0 Å². The molecule has 1 aliphatic rings. The molecule has 1 aromatic carbocycles. The van der Waals surface area contributed by atoms with Crippen LogP contribution in [0, 0.1) is 5.92 Å². The molecule has 1 N–H and O–H groups in total. The van der Waals surface area contributed by atoms with Crippen LogP contribution in [0.15, 0.2) is 24.3 Å². The Kier molecular flexibility index (Phi) is 4.83. The summed E-state index contributed by atoms with van der Waals surface area (Å²) in [5, 5.41) is 9.13. The van der Waals surface area contributed by atoms with Gasteiger partial charge in [0.15, 0.2) is 0 Å². The maximum atomic E-state index is 12.6. The van der Waals surface area contributed by atoms with E-state index < -0.39 is 10.0 Å². The first-order chi connectivity index (χ1) is 9.42. The first-order valence-corrected chi connectivity index (χ1v) is 8.71. The first-order valence-electron chi connectivity index (χ1n) is 7.10. The average Bonchev–Trinajstić information content (AvgIpc) is 3.19. The van der Waals surface area contributed by atoms with E-state index in [1.54, 1.807) is 28.6 Å².